The van der Waals surface area contributed by atoms with E-state index in [2.05, 4.69) is 0 Å². The number of benzene rings is 2. The topological polar surface area (TPSA) is 93.7 Å². The molecule has 1 fully saturated rings. The van der Waals surface area contributed by atoms with E-state index in [4.69, 9.17) is 4.42 Å². The summed E-state index contributed by atoms with van der Waals surface area (Å²) in [6.07, 6.45) is 0. The maximum absolute atomic E-state index is 13.2. The van der Waals surface area contributed by atoms with Crippen LogP contribution in [0.2, 0.25) is 0 Å². The highest BCUT2D eigenvalue weighted by Gasteiger charge is 2.34. The minimum atomic E-state index is -0.652. The minimum absolute atomic E-state index is 0.00404. The van der Waals surface area contributed by atoms with Crippen LogP contribution >= 0.6 is 11.8 Å². The van der Waals surface area contributed by atoms with Crippen molar-refractivity contribution in [3.63, 3.8) is 0 Å². The smallest absolute Gasteiger partial charge is 0.349 e. The number of rotatable bonds is 3. The summed E-state index contributed by atoms with van der Waals surface area (Å²) in [5.41, 5.74) is 1.20. The van der Waals surface area contributed by atoms with Gasteiger partial charge in [-0.1, -0.05) is 18.2 Å². The van der Waals surface area contributed by atoms with Gasteiger partial charge in [-0.05, 0) is 36.2 Å². The average Bonchev–Trinajstić information content (AvgIpc) is 3.18. The van der Waals surface area contributed by atoms with Crippen molar-refractivity contribution in [3.8, 4) is 0 Å². The van der Waals surface area contributed by atoms with Gasteiger partial charge in [-0.3, -0.25) is 14.9 Å². The highest BCUT2D eigenvalue weighted by molar-refractivity contribution is 7.99. The average molecular weight is 396 g/mol. The molecule has 7 nitrogen and oxygen atoms in total. The fourth-order valence-corrected chi connectivity index (χ4v) is 4.67. The van der Waals surface area contributed by atoms with Crippen molar-refractivity contribution in [1.29, 1.82) is 0 Å². The van der Waals surface area contributed by atoms with Crippen molar-refractivity contribution in [2.24, 2.45) is 0 Å². The van der Waals surface area contributed by atoms with Gasteiger partial charge in [-0.15, -0.1) is 11.8 Å². The largest absolute Gasteiger partial charge is 0.422 e. The molecule has 142 valence electrons. The van der Waals surface area contributed by atoms with Gasteiger partial charge in [0.2, 0.25) is 0 Å². The normalized spacial score (nSPS) is 16.5. The molecule has 1 unspecified atom stereocenters. The van der Waals surface area contributed by atoms with E-state index >= 15 is 0 Å². The first-order chi connectivity index (χ1) is 13.5. The number of fused-ring (bicyclic) bond motifs is 1. The quantitative estimate of drug-likeness (QED) is 0.379. The first-order valence-electron chi connectivity index (χ1n) is 8.67. The maximum Gasteiger partial charge on any atom is 0.349 e. The lowest BCUT2D eigenvalue weighted by Gasteiger charge is -2.24. The number of non-ortho nitro benzene ring substituents is 1. The zero-order chi connectivity index (χ0) is 19.8. The summed E-state index contributed by atoms with van der Waals surface area (Å²) < 4.78 is 5.35. The van der Waals surface area contributed by atoms with Crippen LogP contribution in [0.3, 0.4) is 0 Å². The van der Waals surface area contributed by atoms with Gasteiger partial charge in [0.15, 0.2) is 0 Å². The Morgan fingerprint density at radius 3 is 2.64 bits per heavy atom. The number of amides is 1. The van der Waals surface area contributed by atoms with E-state index in [1.165, 1.54) is 12.1 Å². The number of aryl methyl sites for hydroxylation is 1. The SMILES string of the molecule is Cc1c(C(=O)N2CCSC2c2ccc([N+](=O)[O-])cc2)c(=O)oc2ccccc12. The minimum Gasteiger partial charge on any atom is -0.422 e. The van der Waals surface area contributed by atoms with Crippen molar-refractivity contribution < 1.29 is 14.1 Å². The number of hydrogen-bond acceptors (Lipinski definition) is 6. The molecule has 0 saturated carbocycles. The third kappa shape index (κ3) is 3.05. The molecular weight excluding hydrogens is 380 g/mol. The van der Waals surface area contributed by atoms with E-state index in [0.717, 1.165) is 10.9 Å². The van der Waals surface area contributed by atoms with E-state index in [1.54, 1.807) is 47.9 Å². The summed E-state index contributed by atoms with van der Waals surface area (Å²) >= 11 is 1.56. The zero-order valence-electron chi connectivity index (χ0n) is 15.0. The zero-order valence-corrected chi connectivity index (χ0v) is 15.8. The first-order valence-corrected chi connectivity index (χ1v) is 9.71. The Hall–Kier alpha value is -3.13. The number of nitrogens with zero attached hydrogens (tertiary/aromatic N) is 2. The van der Waals surface area contributed by atoms with Crippen LogP contribution in [0.1, 0.15) is 26.9 Å². The van der Waals surface area contributed by atoms with Gasteiger partial charge in [0.05, 0.1) is 4.92 Å². The second kappa shape index (κ2) is 7.12. The number of para-hydroxylation sites is 1. The highest BCUT2D eigenvalue weighted by atomic mass is 32.2. The molecular formula is C20H16N2O5S. The molecule has 0 spiro atoms. The van der Waals surface area contributed by atoms with Crippen LogP contribution < -0.4 is 5.63 Å². The van der Waals surface area contributed by atoms with E-state index in [9.17, 15) is 19.7 Å². The van der Waals surface area contributed by atoms with E-state index < -0.39 is 10.5 Å². The lowest BCUT2D eigenvalue weighted by Crippen LogP contribution is -2.34. The standard InChI is InChI=1S/C20H16N2O5S/c1-12-15-4-2-3-5-16(15)27-20(24)17(12)18(23)21-10-11-28-19(21)13-6-8-14(9-7-13)22(25)26/h2-9,19H,10-11H2,1H3. The van der Waals surface area contributed by atoms with E-state index in [0.29, 0.717) is 23.4 Å². The van der Waals surface area contributed by atoms with Crippen LogP contribution in [-0.4, -0.2) is 28.0 Å². The molecule has 3 aromatic rings. The number of thioether (sulfide) groups is 1. The molecule has 8 heteroatoms. The van der Waals surface area contributed by atoms with Gasteiger partial charge < -0.3 is 9.32 Å². The Bertz CT molecular complexity index is 1140. The molecule has 1 aliphatic heterocycles. The lowest BCUT2D eigenvalue weighted by atomic mass is 10.0. The summed E-state index contributed by atoms with van der Waals surface area (Å²) in [6, 6.07) is 13.3. The van der Waals surface area contributed by atoms with Crippen LogP contribution in [0, 0.1) is 17.0 Å². The Morgan fingerprint density at radius 1 is 1.21 bits per heavy atom. The summed E-state index contributed by atoms with van der Waals surface area (Å²) in [7, 11) is 0. The van der Waals surface area contributed by atoms with Gasteiger partial charge in [0, 0.05) is 29.8 Å². The highest BCUT2D eigenvalue weighted by Crippen LogP contribution is 2.39. The summed E-state index contributed by atoms with van der Waals surface area (Å²) in [5.74, 6) is 0.330. The van der Waals surface area contributed by atoms with Gasteiger partial charge in [-0.25, -0.2) is 4.79 Å². The third-order valence-electron chi connectivity index (χ3n) is 4.83. The summed E-state index contributed by atoms with van der Waals surface area (Å²) in [4.78, 5) is 37.8. The Morgan fingerprint density at radius 2 is 1.93 bits per heavy atom. The maximum atomic E-state index is 13.2. The van der Waals surface area contributed by atoms with Crippen LogP contribution in [0.5, 0.6) is 0 Å². The van der Waals surface area contributed by atoms with Crippen LogP contribution in [-0.2, 0) is 0 Å². The molecule has 0 aliphatic carbocycles. The van der Waals surface area contributed by atoms with Gasteiger partial charge in [-0.2, -0.15) is 0 Å². The summed E-state index contributed by atoms with van der Waals surface area (Å²) in [6.45, 7) is 2.23. The van der Waals surface area contributed by atoms with E-state index in [-0.39, 0.29) is 22.5 Å². The monoisotopic (exact) mass is 396 g/mol. The van der Waals surface area contributed by atoms with Crippen molar-refractivity contribution in [2.75, 3.05) is 12.3 Å². The van der Waals surface area contributed by atoms with Crippen LogP contribution in [0.15, 0.2) is 57.7 Å². The van der Waals surface area contributed by atoms with Gasteiger partial charge in [0.25, 0.3) is 11.6 Å². The van der Waals surface area contributed by atoms with Crippen molar-refractivity contribution in [2.45, 2.75) is 12.3 Å². The molecule has 1 atom stereocenters. The second-order valence-corrected chi connectivity index (χ2v) is 7.64. The summed E-state index contributed by atoms with van der Waals surface area (Å²) in [5, 5.41) is 11.3. The van der Waals surface area contributed by atoms with Crippen molar-refractivity contribution in [1.82, 2.24) is 4.90 Å². The molecule has 1 saturated heterocycles. The molecule has 28 heavy (non-hydrogen) atoms. The molecule has 4 rings (SSSR count). The molecule has 2 heterocycles. The number of nitro groups is 1. The number of hydrogen-bond donors (Lipinski definition) is 0. The van der Waals surface area contributed by atoms with Crippen LogP contribution in [0.25, 0.3) is 11.0 Å². The third-order valence-corrected chi connectivity index (χ3v) is 6.09. The van der Waals surface area contributed by atoms with Crippen molar-refractivity contribution in [3.05, 3.63) is 85.8 Å². The Labute approximate surface area is 164 Å². The Kier molecular flexibility index (Phi) is 4.64. The van der Waals surface area contributed by atoms with Crippen LogP contribution in [0.4, 0.5) is 5.69 Å². The van der Waals surface area contributed by atoms with Crippen molar-refractivity contribution >= 4 is 34.3 Å². The molecule has 2 aromatic carbocycles. The fourth-order valence-electron chi connectivity index (χ4n) is 3.41. The molecule has 0 bridgehead atoms. The second-order valence-electron chi connectivity index (χ2n) is 6.46. The first kappa shape index (κ1) is 18.2. The molecule has 1 aliphatic rings. The molecule has 1 amide bonds. The number of nitro benzene ring substituents is 1. The van der Waals surface area contributed by atoms with E-state index in [1.807, 2.05) is 12.1 Å². The lowest BCUT2D eigenvalue weighted by molar-refractivity contribution is -0.384. The molecule has 1 aromatic heterocycles. The van der Waals surface area contributed by atoms with Gasteiger partial charge >= 0.3 is 5.63 Å². The molecule has 0 N–H and O–H groups in total. The number of carbonyl (C=O) groups is 1. The molecule has 0 radical (unpaired) electrons. The fraction of sp³-hybridized carbons (Fsp3) is 0.200. The van der Waals surface area contributed by atoms with Gasteiger partial charge in [0.1, 0.15) is 16.5 Å². The predicted octanol–water partition coefficient (Wildman–Crippen LogP) is 3.90. The Balaban J connectivity index is 1.72. The predicted molar refractivity (Wildman–Crippen MR) is 107 cm³/mol. The number of carbonyl (C=O) groups excluding carboxylic acids is 1.